The largest absolute Gasteiger partial charge is 0.497 e. The summed E-state index contributed by atoms with van der Waals surface area (Å²) in [7, 11) is 3.71. The molecule has 0 aliphatic rings. The number of nitrogens with zero attached hydrogens (tertiary/aromatic N) is 1. The van der Waals surface area contributed by atoms with Crippen LogP contribution in [0.3, 0.4) is 0 Å². The van der Waals surface area contributed by atoms with Gasteiger partial charge >= 0.3 is 0 Å². The van der Waals surface area contributed by atoms with Crippen LogP contribution in [-0.2, 0) is 9.47 Å². The van der Waals surface area contributed by atoms with Gasteiger partial charge in [-0.05, 0) is 37.2 Å². The number of ether oxygens (including phenoxy) is 3. The highest BCUT2D eigenvalue weighted by atomic mass is 32.2. The van der Waals surface area contributed by atoms with E-state index in [2.05, 4.69) is 10.4 Å². The highest BCUT2D eigenvalue weighted by Gasteiger charge is 2.02. The third kappa shape index (κ3) is 7.72. The van der Waals surface area contributed by atoms with Crippen molar-refractivity contribution >= 4 is 11.9 Å². The summed E-state index contributed by atoms with van der Waals surface area (Å²) in [5.41, 5.74) is 5.32. The zero-order valence-electron chi connectivity index (χ0n) is 12.2. The second-order valence-corrected chi connectivity index (χ2v) is 5.41. The van der Waals surface area contributed by atoms with Crippen LogP contribution in [0.15, 0.2) is 29.2 Å². The van der Waals surface area contributed by atoms with Crippen LogP contribution in [0.5, 0.6) is 5.75 Å². The normalized spacial score (nSPS) is 11.0. The van der Waals surface area contributed by atoms with Crippen LogP contribution in [-0.4, -0.2) is 58.0 Å². The van der Waals surface area contributed by atoms with E-state index < -0.39 is 0 Å². The number of rotatable bonds is 11. The van der Waals surface area contributed by atoms with E-state index in [1.165, 1.54) is 0 Å². The van der Waals surface area contributed by atoms with Gasteiger partial charge in [0.05, 0.1) is 33.5 Å². The molecular weight excluding hydrogens is 276 g/mol. The molecule has 20 heavy (non-hydrogen) atoms. The first-order chi connectivity index (χ1) is 9.76. The molecule has 0 radical (unpaired) electrons. The van der Waals surface area contributed by atoms with E-state index in [1.54, 1.807) is 19.1 Å². The van der Waals surface area contributed by atoms with E-state index in [0.29, 0.717) is 33.0 Å². The van der Waals surface area contributed by atoms with Crippen LogP contribution >= 0.6 is 11.9 Å². The maximum Gasteiger partial charge on any atom is 0.120 e. The van der Waals surface area contributed by atoms with Crippen molar-refractivity contribution in [3.63, 3.8) is 0 Å². The number of hydrogen-bond acceptors (Lipinski definition) is 6. The van der Waals surface area contributed by atoms with Crippen molar-refractivity contribution in [2.75, 3.05) is 53.7 Å². The van der Waals surface area contributed by atoms with Crippen molar-refractivity contribution in [1.82, 2.24) is 4.31 Å². The molecule has 0 heterocycles. The van der Waals surface area contributed by atoms with Gasteiger partial charge in [0.25, 0.3) is 0 Å². The predicted octanol–water partition coefficient (Wildman–Crippen LogP) is 1.63. The highest BCUT2D eigenvalue weighted by molar-refractivity contribution is 7.97. The smallest absolute Gasteiger partial charge is 0.120 e. The molecule has 5 nitrogen and oxygen atoms in total. The standard InChI is InChI=1S/C14H24N2O3S/c1-16(7-9-19-11-10-18-8-6-15)20-14-5-3-4-13(12-14)17-2/h3-5,12H,6-11,15H2,1-2H3. The number of methoxy groups -OCH3 is 1. The molecule has 0 unspecified atom stereocenters. The van der Waals surface area contributed by atoms with Crippen molar-refractivity contribution in [2.24, 2.45) is 5.73 Å². The van der Waals surface area contributed by atoms with Crippen molar-refractivity contribution in [1.29, 1.82) is 0 Å². The Morgan fingerprint density at radius 1 is 1.15 bits per heavy atom. The van der Waals surface area contributed by atoms with Crippen molar-refractivity contribution in [3.8, 4) is 5.75 Å². The van der Waals surface area contributed by atoms with Gasteiger partial charge in [-0.15, -0.1) is 0 Å². The van der Waals surface area contributed by atoms with Gasteiger partial charge in [-0.3, -0.25) is 0 Å². The zero-order chi connectivity index (χ0) is 14.6. The molecule has 0 atom stereocenters. The SMILES string of the molecule is COc1cccc(SN(C)CCOCCOCCN)c1. The fourth-order valence-corrected chi connectivity index (χ4v) is 2.32. The second-order valence-electron chi connectivity index (χ2n) is 4.14. The molecule has 6 heteroatoms. The first-order valence-corrected chi connectivity index (χ1v) is 7.42. The number of likely N-dealkylation sites (N-methyl/N-ethyl adjacent to an activating group) is 1. The van der Waals surface area contributed by atoms with Gasteiger partial charge in [0, 0.05) is 18.0 Å². The quantitative estimate of drug-likeness (QED) is 0.495. The minimum Gasteiger partial charge on any atom is -0.497 e. The van der Waals surface area contributed by atoms with E-state index in [9.17, 15) is 0 Å². The van der Waals surface area contributed by atoms with Crippen LogP contribution < -0.4 is 10.5 Å². The molecule has 0 saturated heterocycles. The average molecular weight is 300 g/mol. The number of benzene rings is 1. The van der Waals surface area contributed by atoms with E-state index >= 15 is 0 Å². The monoisotopic (exact) mass is 300 g/mol. The first-order valence-electron chi connectivity index (χ1n) is 6.65. The van der Waals surface area contributed by atoms with Gasteiger partial charge in [0.2, 0.25) is 0 Å². The molecule has 0 saturated carbocycles. The van der Waals surface area contributed by atoms with Crippen LogP contribution in [0.1, 0.15) is 0 Å². The van der Waals surface area contributed by atoms with E-state index in [1.807, 2.05) is 25.2 Å². The fraction of sp³-hybridized carbons (Fsp3) is 0.571. The molecule has 1 rings (SSSR count). The average Bonchev–Trinajstić information content (AvgIpc) is 2.46. The van der Waals surface area contributed by atoms with Gasteiger partial charge in [0.15, 0.2) is 0 Å². The molecule has 0 amide bonds. The molecular formula is C14H24N2O3S. The summed E-state index contributed by atoms with van der Waals surface area (Å²) >= 11 is 1.67. The van der Waals surface area contributed by atoms with E-state index in [-0.39, 0.29) is 0 Å². The fourth-order valence-electron chi connectivity index (χ4n) is 1.48. The molecule has 1 aromatic carbocycles. The van der Waals surface area contributed by atoms with Gasteiger partial charge in [-0.1, -0.05) is 6.07 Å². The predicted molar refractivity (Wildman–Crippen MR) is 82.2 cm³/mol. The molecule has 0 fully saturated rings. The minimum absolute atomic E-state index is 0.555. The third-order valence-electron chi connectivity index (χ3n) is 2.49. The van der Waals surface area contributed by atoms with Gasteiger partial charge in [-0.25, -0.2) is 4.31 Å². The lowest BCUT2D eigenvalue weighted by atomic mass is 10.3. The summed E-state index contributed by atoms with van der Waals surface area (Å²) in [4.78, 5) is 1.15. The second kappa shape index (κ2) is 10.9. The van der Waals surface area contributed by atoms with Crippen molar-refractivity contribution < 1.29 is 14.2 Å². The summed E-state index contributed by atoms with van der Waals surface area (Å²) in [5, 5.41) is 0. The van der Waals surface area contributed by atoms with Gasteiger partial charge < -0.3 is 19.9 Å². The van der Waals surface area contributed by atoms with E-state index in [4.69, 9.17) is 19.9 Å². The van der Waals surface area contributed by atoms with Crippen LogP contribution in [0.25, 0.3) is 0 Å². The molecule has 0 aromatic heterocycles. The number of hydrogen-bond donors (Lipinski definition) is 1. The Bertz CT molecular complexity index is 366. The van der Waals surface area contributed by atoms with Gasteiger partial charge in [-0.2, -0.15) is 0 Å². The summed E-state index contributed by atoms with van der Waals surface area (Å²) in [5.74, 6) is 0.872. The Kier molecular flexibility index (Phi) is 9.44. The summed E-state index contributed by atoms with van der Waals surface area (Å²) in [6.45, 7) is 3.88. The maximum absolute atomic E-state index is 5.49. The van der Waals surface area contributed by atoms with Crippen LogP contribution in [0.4, 0.5) is 0 Å². The van der Waals surface area contributed by atoms with Crippen molar-refractivity contribution in [2.45, 2.75) is 4.90 Å². The molecule has 1 aromatic rings. The van der Waals surface area contributed by atoms with Crippen LogP contribution in [0, 0.1) is 0 Å². The minimum atomic E-state index is 0.555. The lowest BCUT2D eigenvalue weighted by Crippen LogP contribution is -2.18. The maximum atomic E-state index is 5.49. The topological polar surface area (TPSA) is 57.0 Å². The molecule has 0 aliphatic carbocycles. The Balaban J connectivity index is 2.12. The number of nitrogens with two attached hydrogens (primary N) is 1. The molecule has 0 spiro atoms. The molecule has 2 N–H and O–H groups in total. The molecule has 114 valence electrons. The summed E-state index contributed by atoms with van der Waals surface area (Å²) in [6.07, 6.45) is 0. The van der Waals surface area contributed by atoms with Crippen LogP contribution in [0.2, 0.25) is 0 Å². The summed E-state index contributed by atoms with van der Waals surface area (Å²) in [6, 6.07) is 8.00. The third-order valence-corrected chi connectivity index (χ3v) is 3.45. The first kappa shape index (κ1) is 17.3. The van der Waals surface area contributed by atoms with Gasteiger partial charge in [0.1, 0.15) is 5.75 Å². The molecule has 0 bridgehead atoms. The Hall–Kier alpha value is -0.790. The van der Waals surface area contributed by atoms with Crippen molar-refractivity contribution in [3.05, 3.63) is 24.3 Å². The van der Waals surface area contributed by atoms with E-state index in [0.717, 1.165) is 17.2 Å². The molecule has 0 aliphatic heterocycles. The Labute approximate surface area is 125 Å². The lowest BCUT2D eigenvalue weighted by molar-refractivity contribution is 0.0489. The summed E-state index contributed by atoms with van der Waals surface area (Å²) < 4.78 is 18.1. The zero-order valence-corrected chi connectivity index (χ0v) is 13.0. The lowest BCUT2D eigenvalue weighted by Gasteiger charge is -2.15. The Morgan fingerprint density at radius 2 is 1.90 bits per heavy atom. The highest BCUT2D eigenvalue weighted by Crippen LogP contribution is 2.24. The Morgan fingerprint density at radius 3 is 2.60 bits per heavy atom.